The Labute approximate surface area is 164 Å². The molecule has 0 saturated heterocycles. The Morgan fingerprint density at radius 1 is 1.21 bits per heavy atom. The zero-order chi connectivity index (χ0) is 20.1. The average Bonchev–Trinajstić information content (AvgIpc) is 3.29. The molecule has 1 N–H and O–H groups in total. The maximum absolute atomic E-state index is 13.1. The van der Waals surface area contributed by atoms with Crippen LogP contribution in [0.4, 0.5) is 4.39 Å². The number of aryl methyl sites for hydroxylation is 3. The molecule has 0 saturated carbocycles. The first-order valence-electron chi connectivity index (χ1n) is 8.42. The van der Waals surface area contributed by atoms with E-state index in [2.05, 4.69) is 14.9 Å². The summed E-state index contributed by atoms with van der Waals surface area (Å²) in [7, 11) is -3.73. The molecule has 7 nitrogen and oxygen atoms in total. The molecule has 0 unspecified atom stereocenters. The minimum atomic E-state index is -3.73. The average molecular weight is 420 g/mol. The van der Waals surface area contributed by atoms with Crippen molar-refractivity contribution in [3.05, 3.63) is 58.3 Å². The molecule has 1 aromatic carbocycles. The van der Waals surface area contributed by atoms with Crippen LogP contribution in [-0.4, -0.2) is 23.0 Å². The largest absolute Gasteiger partial charge is 0.360 e. The fraction of sp³-hybridized carbons (Fsp3) is 0.222. The van der Waals surface area contributed by atoms with Gasteiger partial charge in [-0.15, -0.1) is 0 Å². The second-order valence-corrected chi connectivity index (χ2v) is 9.14. The summed E-state index contributed by atoms with van der Waals surface area (Å²) in [5.74, 6) is -0.0412. The van der Waals surface area contributed by atoms with E-state index < -0.39 is 10.0 Å². The van der Waals surface area contributed by atoms with Crippen molar-refractivity contribution in [1.82, 2.24) is 19.3 Å². The summed E-state index contributed by atoms with van der Waals surface area (Å²) in [4.78, 5) is 6.24. The van der Waals surface area contributed by atoms with Gasteiger partial charge in [-0.2, -0.15) is 0 Å². The van der Waals surface area contributed by atoms with E-state index in [4.69, 9.17) is 4.52 Å². The summed E-state index contributed by atoms with van der Waals surface area (Å²) in [5.41, 5.74) is 2.77. The van der Waals surface area contributed by atoms with Gasteiger partial charge in [-0.1, -0.05) is 16.5 Å². The van der Waals surface area contributed by atoms with Crippen molar-refractivity contribution in [2.24, 2.45) is 0 Å². The van der Waals surface area contributed by atoms with Gasteiger partial charge in [0.05, 0.1) is 5.69 Å². The van der Waals surface area contributed by atoms with E-state index in [1.54, 1.807) is 26.0 Å². The maximum Gasteiger partial charge on any atom is 0.246 e. The summed E-state index contributed by atoms with van der Waals surface area (Å²) in [6.07, 6.45) is 1.86. The topological polar surface area (TPSA) is 89.5 Å². The molecule has 0 spiro atoms. The highest BCUT2D eigenvalue weighted by Crippen LogP contribution is 2.28. The fourth-order valence-electron chi connectivity index (χ4n) is 3.01. The number of nitrogens with one attached hydrogen (secondary N) is 1. The van der Waals surface area contributed by atoms with Gasteiger partial charge in [-0.3, -0.25) is 4.40 Å². The third kappa shape index (κ3) is 3.23. The first kappa shape index (κ1) is 18.8. The second kappa shape index (κ2) is 6.80. The molecule has 0 atom stereocenters. The molecule has 0 aliphatic heterocycles. The van der Waals surface area contributed by atoms with E-state index >= 15 is 0 Å². The number of halogens is 1. The fourth-order valence-corrected chi connectivity index (χ4v) is 5.46. The molecule has 4 aromatic rings. The highest BCUT2D eigenvalue weighted by atomic mass is 32.2. The van der Waals surface area contributed by atoms with Crippen LogP contribution in [0, 0.1) is 26.6 Å². The summed E-state index contributed by atoms with van der Waals surface area (Å²) in [5, 5.41) is 3.70. The standard InChI is InChI=1S/C18H17FN4O3S2/c1-10-17(12(3)26-22-10)28(24,25)20-8-16-11(2)23-9-15(21-18(23)27-16)13-4-6-14(19)7-5-13/h4-7,9,20H,8H2,1-3H3. The molecular formula is C18H17FN4O3S2. The quantitative estimate of drug-likeness (QED) is 0.533. The number of aromatic nitrogens is 3. The number of benzene rings is 1. The van der Waals surface area contributed by atoms with E-state index in [-0.39, 0.29) is 23.0 Å². The number of imidazole rings is 1. The lowest BCUT2D eigenvalue weighted by Crippen LogP contribution is -2.24. The number of nitrogens with zero attached hydrogens (tertiary/aromatic N) is 3. The molecule has 0 radical (unpaired) electrons. The van der Waals surface area contributed by atoms with Gasteiger partial charge in [0.25, 0.3) is 0 Å². The van der Waals surface area contributed by atoms with E-state index in [1.165, 1.54) is 23.5 Å². The summed E-state index contributed by atoms with van der Waals surface area (Å²) < 4.78 is 47.7. The van der Waals surface area contributed by atoms with Crippen LogP contribution in [0.5, 0.6) is 0 Å². The van der Waals surface area contributed by atoms with Crippen LogP contribution < -0.4 is 4.72 Å². The lowest BCUT2D eigenvalue weighted by Gasteiger charge is -2.05. The lowest BCUT2D eigenvalue weighted by molar-refractivity contribution is 0.390. The molecule has 146 valence electrons. The van der Waals surface area contributed by atoms with E-state index in [0.29, 0.717) is 5.69 Å². The number of thiazole rings is 1. The zero-order valence-electron chi connectivity index (χ0n) is 15.4. The molecule has 28 heavy (non-hydrogen) atoms. The first-order valence-corrected chi connectivity index (χ1v) is 10.7. The zero-order valence-corrected chi connectivity index (χ0v) is 17.0. The third-order valence-corrected chi connectivity index (χ3v) is 7.25. The van der Waals surface area contributed by atoms with E-state index in [0.717, 1.165) is 26.8 Å². The van der Waals surface area contributed by atoms with Gasteiger partial charge >= 0.3 is 0 Å². The van der Waals surface area contributed by atoms with Gasteiger partial charge in [-0.05, 0) is 45.0 Å². The van der Waals surface area contributed by atoms with Crippen molar-refractivity contribution in [2.45, 2.75) is 32.2 Å². The number of rotatable bonds is 5. The lowest BCUT2D eigenvalue weighted by atomic mass is 10.2. The summed E-state index contributed by atoms with van der Waals surface area (Å²) in [6, 6.07) is 6.14. The van der Waals surface area contributed by atoms with Crippen LogP contribution in [-0.2, 0) is 16.6 Å². The predicted octanol–water partition coefficient (Wildman–Crippen LogP) is 3.59. The van der Waals surface area contributed by atoms with Gasteiger partial charge in [0.1, 0.15) is 16.4 Å². The maximum atomic E-state index is 13.1. The Morgan fingerprint density at radius 3 is 2.54 bits per heavy atom. The summed E-state index contributed by atoms with van der Waals surface area (Å²) >= 11 is 1.40. The van der Waals surface area contributed by atoms with Crippen LogP contribution in [0.2, 0.25) is 0 Å². The van der Waals surface area contributed by atoms with Crippen molar-refractivity contribution in [2.75, 3.05) is 0 Å². The van der Waals surface area contributed by atoms with Crippen LogP contribution in [0.15, 0.2) is 39.9 Å². The number of hydrogen-bond acceptors (Lipinski definition) is 6. The van der Waals surface area contributed by atoms with Gasteiger partial charge in [0.2, 0.25) is 10.0 Å². The molecule has 0 fully saturated rings. The minimum absolute atomic E-state index is 0.0742. The Morgan fingerprint density at radius 2 is 1.93 bits per heavy atom. The Bertz CT molecular complexity index is 1250. The third-order valence-electron chi connectivity index (χ3n) is 4.45. The van der Waals surface area contributed by atoms with Crippen LogP contribution >= 0.6 is 11.3 Å². The van der Waals surface area contributed by atoms with Crippen LogP contribution in [0.3, 0.4) is 0 Å². The number of sulfonamides is 1. The molecule has 0 bridgehead atoms. The van der Waals surface area contributed by atoms with Gasteiger partial charge in [0, 0.05) is 28.9 Å². The molecule has 0 amide bonds. The molecule has 0 aliphatic rings. The predicted molar refractivity (Wildman–Crippen MR) is 103 cm³/mol. The Hall–Kier alpha value is -2.56. The first-order chi connectivity index (χ1) is 13.3. The van der Waals surface area contributed by atoms with Crippen LogP contribution in [0.1, 0.15) is 22.0 Å². The van der Waals surface area contributed by atoms with E-state index in [9.17, 15) is 12.8 Å². The highest BCUT2D eigenvalue weighted by Gasteiger charge is 2.24. The highest BCUT2D eigenvalue weighted by molar-refractivity contribution is 7.89. The van der Waals surface area contributed by atoms with Crippen LogP contribution in [0.25, 0.3) is 16.2 Å². The van der Waals surface area contributed by atoms with Gasteiger partial charge in [0.15, 0.2) is 10.7 Å². The van der Waals surface area contributed by atoms with Crippen molar-refractivity contribution in [3.63, 3.8) is 0 Å². The molecule has 3 aromatic heterocycles. The molecule has 3 heterocycles. The number of fused-ring (bicyclic) bond motifs is 1. The minimum Gasteiger partial charge on any atom is -0.360 e. The van der Waals surface area contributed by atoms with Gasteiger partial charge < -0.3 is 4.52 Å². The Balaban J connectivity index is 1.59. The SMILES string of the molecule is Cc1noc(C)c1S(=O)(=O)NCc1sc2nc(-c3ccc(F)cc3)cn2c1C. The molecular weight excluding hydrogens is 403 g/mol. The Kier molecular flexibility index (Phi) is 4.56. The normalized spacial score (nSPS) is 12.1. The molecule has 0 aliphatic carbocycles. The molecule has 10 heteroatoms. The summed E-state index contributed by atoms with van der Waals surface area (Å²) in [6.45, 7) is 5.19. The van der Waals surface area contributed by atoms with Crippen molar-refractivity contribution in [3.8, 4) is 11.3 Å². The molecule has 4 rings (SSSR count). The van der Waals surface area contributed by atoms with Gasteiger partial charge in [-0.25, -0.2) is 22.5 Å². The second-order valence-electron chi connectivity index (χ2n) is 6.37. The van der Waals surface area contributed by atoms with Crippen molar-refractivity contribution >= 4 is 26.3 Å². The van der Waals surface area contributed by atoms with Crippen molar-refractivity contribution < 1.29 is 17.3 Å². The smallest absolute Gasteiger partial charge is 0.246 e. The monoisotopic (exact) mass is 420 g/mol. The van der Waals surface area contributed by atoms with Crippen molar-refractivity contribution in [1.29, 1.82) is 0 Å². The van der Waals surface area contributed by atoms with E-state index in [1.807, 2.05) is 17.5 Å². The number of hydrogen-bond donors (Lipinski definition) is 1.